The molecular weight excluding hydrogens is 182 g/mol. The zero-order valence-corrected chi connectivity index (χ0v) is 9.68. The summed E-state index contributed by atoms with van der Waals surface area (Å²) in [5.41, 5.74) is 3.99. The van der Waals surface area contributed by atoms with Gasteiger partial charge in [0, 0.05) is 12.2 Å². The molecule has 1 heteroatoms. The average molecular weight is 203 g/mol. The molecule has 1 rings (SSSR count). The van der Waals surface area contributed by atoms with E-state index in [1.165, 1.54) is 31.3 Å². The SMILES string of the molecule is C=CC(=C)NCCCC1=CC=C(C)CC1. The Morgan fingerprint density at radius 3 is 2.87 bits per heavy atom. The third-order valence-corrected chi connectivity index (χ3v) is 2.72. The number of nitrogens with one attached hydrogen (secondary N) is 1. The van der Waals surface area contributed by atoms with Gasteiger partial charge in [-0.1, -0.05) is 36.5 Å². The molecule has 0 amide bonds. The molecule has 1 aliphatic rings. The van der Waals surface area contributed by atoms with Crippen molar-refractivity contribution in [1.29, 1.82) is 0 Å². The summed E-state index contributed by atoms with van der Waals surface area (Å²) in [6.07, 6.45) is 11.1. The first-order valence-corrected chi connectivity index (χ1v) is 5.63. The molecule has 0 heterocycles. The first kappa shape index (κ1) is 11.8. The fraction of sp³-hybridized carbons (Fsp3) is 0.429. The minimum Gasteiger partial charge on any atom is -0.386 e. The van der Waals surface area contributed by atoms with Gasteiger partial charge in [0.25, 0.3) is 0 Å². The maximum Gasteiger partial charge on any atom is 0.0261 e. The Hall–Kier alpha value is -1.24. The second-order valence-electron chi connectivity index (χ2n) is 4.10. The van der Waals surface area contributed by atoms with Gasteiger partial charge in [0.1, 0.15) is 0 Å². The van der Waals surface area contributed by atoms with Crippen molar-refractivity contribution in [2.45, 2.75) is 32.6 Å². The Balaban J connectivity index is 2.16. The van der Waals surface area contributed by atoms with Crippen LogP contribution in [0.1, 0.15) is 32.6 Å². The van der Waals surface area contributed by atoms with E-state index in [0.29, 0.717) is 0 Å². The van der Waals surface area contributed by atoms with Crippen molar-refractivity contribution in [2.75, 3.05) is 6.54 Å². The van der Waals surface area contributed by atoms with Crippen LogP contribution in [0.5, 0.6) is 0 Å². The fourth-order valence-electron chi connectivity index (χ4n) is 1.63. The van der Waals surface area contributed by atoms with Crippen LogP contribution in [0.4, 0.5) is 0 Å². The highest BCUT2D eigenvalue weighted by Crippen LogP contribution is 2.20. The van der Waals surface area contributed by atoms with Gasteiger partial charge >= 0.3 is 0 Å². The van der Waals surface area contributed by atoms with Gasteiger partial charge in [-0.25, -0.2) is 0 Å². The minimum absolute atomic E-state index is 0.920. The number of rotatable bonds is 6. The van der Waals surface area contributed by atoms with Crippen LogP contribution in [-0.4, -0.2) is 6.54 Å². The molecular formula is C14H21N. The van der Waals surface area contributed by atoms with Crippen LogP contribution >= 0.6 is 0 Å². The van der Waals surface area contributed by atoms with E-state index in [4.69, 9.17) is 0 Å². The van der Waals surface area contributed by atoms with Crippen molar-refractivity contribution >= 4 is 0 Å². The van der Waals surface area contributed by atoms with Gasteiger partial charge in [-0.2, -0.15) is 0 Å². The second-order valence-corrected chi connectivity index (χ2v) is 4.10. The molecule has 0 atom stereocenters. The Morgan fingerprint density at radius 2 is 2.27 bits per heavy atom. The molecule has 0 spiro atoms. The Morgan fingerprint density at radius 1 is 1.47 bits per heavy atom. The van der Waals surface area contributed by atoms with Gasteiger partial charge in [-0.15, -0.1) is 0 Å². The van der Waals surface area contributed by atoms with E-state index in [-0.39, 0.29) is 0 Å². The molecule has 82 valence electrons. The molecule has 0 fully saturated rings. The minimum atomic E-state index is 0.920. The summed E-state index contributed by atoms with van der Waals surface area (Å²) in [5.74, 6) is 0. The predicted molar refractivity (Wildman–Crippen MR) is 67.6 cm³/mol. The van der Waals surface area contributed by atoms with Crippen LogP contribution in [0, 0.1) is 0 Å². The number of hydrogen-bond donors (Lipinski definition) is 1. The van der Waals surface area contributed by atoms with E-state index in [1.54, 1.807) is 11.6 Å². The summed E-state index contributed by atoms with van der Waals surface area (Å²) in [4.78, 5) is 0. The average Bonchev–Trinajstić information content (AvgIpc) is 2.26. The van der Waals surface area contributed by atoms with Crippen LogP contribution in [0.2, 0.25) is 0 Å². The van der Waals surface area contributed by atoms with Crippen LogP contribution in [0.25, 0.3) is 0 Å². The third-order valence-electron chi connectivity index (χ3n) is 2.72. The fourth-order valence-corrected chi connectivity index (χ4v) is 1.63. The highest BCUT2D eigenvalue weighted by Gasteiger charge is 2.02. The standard InChI is InChI=1S/C14H21N/c1-4-13(3)15-11-5-6-14-9-7-12(2)8-10-14/h4,7,9,15H,1,3,5-6,8,10-11H2,2H3. The monoisotopic (exact) mass is 203 g/mol. The largest absolute Gasteiger partial charge is 0.386 e. The molecule has 0 radical (unpaired) electrons. The molecule has 15 heavy (non-hydrogen) atoms. The van der Waals surface area contributed by atoms with Crippen molar-refractivity contribution in [3.63, 3.8) is 0 Å². The first-order valence-electron chi connectivity index (χ1n) is 5.63. The lowest BCUT2D eigenvalue weighted by atomic mass is 9.96. The van der Waals surface area contributed by atoms with E-state index in [1.807, 2.05) is 0 Å². The normalized spacial score (nSPS) is 15.3. The zero-order chi connectivity index (χ0) is 11.1. The molecule has 0 saturated carbocycles. The molecule has 1 N–H and O–H groups in total. The summed E-state index contributed by atoms with van der Waals surface area (Å²) in [7, 11) is 0. The Labute approximate surface area is 93.3 Å². The molecule has 0 aromatic carbocycles. The van der Waals surface area contributed by atoms with Crippen molar-refractivity contribution in [2.24, 2.45) is 0 Å². The van der Waals surface area contributed by atoms with E-state index < -0.39 is 0 Å². The molecule has 0 bridgehead atoms. The van der Waals surface area contributed by atoms with E-state index in [9.17, 15) is 0 Å². The van der Waals surface area contributed by atoms with Crippen LogP contribution in [0.15, 0.2) is 48.2 Å². The molecule has 1 nitrogen and oxygen atoms in total. The second kappa shape index (κ2) is 6.28. The van der Waals surface area contributed by atoms with Gasteiger partial charge < -0.3 is 5.32 Å². The van der Waals surface area contributed by atoms with E-state index in [2.05, 4.69) is 37.6 Å². The smallest absolute Gasteiger partial charge is 0.0261 e. The Kier molecular flexibility index (Phi) is 4.96. The summed E-state index contributed by atoms with van der Waals surface area (Å²) in [6, 6.07) is 0. The van der Waals surface area contributed by atoms with E-state index >= 15 is 0 Å². The quantitative estimate of drug-likeness (QED) is 0.512. The predicted octanol–water partition coefficient (Wildman–Crippen LogP) is 3.72. The van der Waals surface area contributed by atoms with Crippen molar-refractivity contribution in [3.8, 4) is 0 Å². The lowest BCUT2D eigenvalue weighted by molar-refractivity contribution is 0.707. The van der Waals surface area contributed by atoms with E-state index in [0.717, 1.165) is 12.2 Å². The highest BCUT2D eigenvalue weighted by atomic mass is 14.9. The number of allylic oxidation sites excluding steroid dienone is 5. The van der Waals surface area contributed by atoms with Crippen molar-refractivity contribution in [1.82, 2.24) is 5.32 Å². The molecule has 0 saturated heterocycles. The van der Waals surface area contributed by atoms with Crippen LogP contribution in [-0.2, 0) is 0 Å². The molecule has 0 aromatic rings. The summed E-state index contributed by atoms with van der Waals surface area (Å²) in [5, 5.41) is 3.23. The lowest BCUT2D eigenvalue weighted by Gasteiger charge is -2.12. The Bertz CT molecular complexity index is 294. The number of hydrogen-bond acceptors (Lipinski definition) is 1. The van der Waals surface area contributed by atoms with Crippen molar-refractivity contribution in [3.05, 3.63) is 48.2 Å². The van der Waals surface area contributed by atoms with Gasteiger partial charge in [0.15, 0.2) is 0 Å². The van der Waals surface area contributed by atoms with Gasteiger partial charge in [-0.05, 0) is 38.7 Å². The maximum atomic E-state index is 3.81. The molecule has 0 unspecified atom stereocenters. The van der Waals surface area contributed by atoms with Crippen LogP contribution in [0.3, 0.4) is 0 Å². The third kappa shape index (κ3) is 4.68. The van der Waals surface area contributed by atoms with Gasteiger partial charge in [0.05, 0.1) is 0 Å². The zero-order valence-electron chi connectivity index (χ0n) is 9.68. The maximum absolute atomic E-state index is 3.81. The topological polar surface area (TPSA) is 12.0 Å². The highest BCUT2D eigenvalue weighted by molar-refractivity contribution is 5.22. The van der Waals surface area contributed by atoms with Crippen molar-refractivity contribution < 1.29 is 0 Å². The van der Waals surface area contributed by atoms with Gasteiger partial charge in [-0.3, -0.25) is 0 Å². The summed E-state index contributed by atoms with van der Waals surface area (Å²) < 4.78 is 0. The summed E-state index contributed by atoms with van der Waals surface area (Å²) in [6.45, 7) is 10.7. The van der Waals surface area contributed by atoms with Gasteiger partial charge in [0.2, 0.25) is 0 Å². The lowest BCUT2D eigenvalue weighted by Crippen LogP contribution is -2.12. The molecule has 0 aliphatic heterocycles. The first-order chi connectivity index (χ1) is 7.22. The molecule has 1 aliphatic carbocycles. The summed E-state index contributed by atoms with van der Waals surface area (Å²) >= 11 is 0. The van der Waals surface area contributed by atoms with Crippen LogP contribution < -0.4 is 5.32 Å². The molecule has 0 aromatic heterocycles.